The van der Waals surface area contributed by atoms with Crippen LogP contribution in [0, 0.1) is 0 Å². The van der Waals surface area contributed by atoms with Crippen LogP contribution in [0.25, 0.3) is 10.9 Å². The van der Waals surface area contributed by atoms with E-state index in [1.54, 1.807) is 0 Å². The first-order valence-electron chi connectivity index (χ1n) is 11.2. The van der Waals surface area contributed by atoms with Gasteiger partial charge in [-0.15, -0.1) is 0 Å². The lowest BCUT2D eigenvalue weighted by molar-refractivity contribution is -0.178. The van der Waals surface area contributed by atoms with Crippen molar-refractivity contribution in [3.05, 3.63) is 71.9 Å². The SMILES string of the molecule is COC(=O)[C@]12O[C@]13C[C@@H](c1cn(Cc4ccccc4)c4ccccc14)N(C)C[C@]3(C)OC2=O. The molecule has 4 heterocycles. The molecule has 0 bridgehead atoms. The Morgan fingerprint density at radius 2 is 1.88 bits per heavy atom. The molecule has 3 aliphatic rings. The number of aromatic nitrogens is 1. The van der Waals surface area contributed by atoms with Gasteiger partial charge in [0.15, 0.2) is 11.2 Å². The number of methoxy groups -OCH3 is 1. The Balaban J connectivity index is 1.43. The van der Waals surface area contributed by atoms with Gasteiger partial charge in [-0.2, -0.15) is 0 Å². The number of carbonyl (C=O) groups is 2. The molecule has 2 aromatic carbocycles. The second kappa shape index (κ2) is 6.68. The molecule has 3 aromatic rings. The maximum Gasteiger partial charge on any atom is 0.354 e. The van der Waals surface area contributed by atoms with Crippen LogP contribution in [0.3, 0.4) is 0 Å². The summed E-state index contributed by atoms with van der Waals surface area (Å²) in [4.78, 5) is 27.7. The fourth-order valence-electron chi connectivity index (χ4n) is 6.09. The molecule has 0 amide bonds. The average molecular weight is 447 g/mol. The number of hydrogen-bond acceptors (Lipinski definition) is 6. The van der Waals surface area contributed by atoms with Gasteiger partial charge in [0.05, 0.1) is 7.11 Å². The molecule has 0 unspecified atom stereocenters. The average Bonchev–Trinajstić information content (AvgIpc) is 3.32. The normalized spacial score (nSPS) is 32.8. The number of esters is 2. The van der Waals surface area contributed by atoms with Crippen LogP contribution in [-0.2, 0) is 30.3 Å². The number of rotatable bonds is 4. The Hall–Kier alpha value is -3.16. The van der Waals surface area contributed by atoms with Crippen LogP contribution in [0.15, 0.2) is 60.8 Å². The zero-order chi connectivity index (χ0) is 23.0. The van der Waals surface area contributed by atoms with Crippen molar-refractivity contribution in [2.75, 3.05) is 20.7 Å². The lowest BCUT2D eigenvalue weighted by atomic mass is 9.73. The number of para-hydroxylation sites is 1. The third-order valence-electron chi connectivity index (χ3n) is 7.73. The Bertz CT molecular complexity index is 1290. The molecular formula is C26H26N2O5. The number of piperidine rings is 1. The molecule has 6 rings (SSSR count). The first-order chi connectivity index (χ1) is 15.8. The number of likely N-dealkylation sites (N-methyl/N-ethyl adjacent to an activating group) is 1. The third kappa shape index (κ3) is 2.52. The van der Waals surface area contributed by atoms with Crippen LogP contribution >= 0.6 is 0 Å². The van der Waals surface area contributed by atoms with Gasteiger partial charge in [0.1, 0.15) is 0 Å². The minimum atomic E-state index is -1.65. The van der Waals surface area contributed by atoms with Crippen LogP contribution in [-0.4, -0.2) is 58.9 Å². The first kappa shape index (κ1) is 20.4. The molecular weight excluding hydrogens is 420 g/mol. The van der Waals surface area contributed by atoms with Crippen LogP contribution in [0.5, 0.6) is 0 Å². The van der Waals surface area contributed by atoms with Crippen LogP contribution in [0.4, 0.5) is 0 Å². The van der Waals surface area contributed by atoms with Crippen molar-refractivity contribution >= 4 is 22.8 Å². The number of hydrogen-bond donors (Lipinski definition) is 0. The molecule has 0 N–H and O–H groups in total. The number of ether oxygens (including phenoxy) is 3. The zero-order valence-electron chi connectivity index (χ0n) is 18.9. The molecule has 33 heavy (non-hydrogen) atoms. The monoisotopic (exact) mass is 446 g/mol. The van der Waals surface area contributed by atoms with Crippen molar-refractivity contribution in [2.24, 2.45) is 0 Å². The van der Waals surface area contributed by atoms with Crippen molar-refractivity contribution in [3.63, 3.8) is 0 Å². The smallest absolute Gasteiger partial charge is 0.354 e. The van der Waals surface area contributed by atoms with Gasteiger partial charge >= 0.3 is 11.9 Å². The summed E-state index contributed by atoms with van der Waals surface area (Å²) < 4.78 is 19.0. The summed E-state index contributed by atoms with van der Waals surface area (Å²) in [5, 5.41) is 1.15. The fourth-order valence-corrected chi connectivity index (χ4v) is 6.09. The zero-order valence-corrected chi connectivity index (χ0v) is 18.9. The molecule has 7 heteroatoms. The van der Waals surface area contributed by atoms with E-state index in [1.807, 2.05) is 44.3 Å². The Morgan fingerprint density at radius 1 is 1.15 bits per heavy atom. The van der Waals surface area contributed by atoms with Gasteiger partial charge in [-0.3, -0.25) is 4.90 Å². The molecule has 0 saturated carbocycles. The van der Waals surface area contributed by atoms with Gasteiger partial charge in [0.25, 0.3) is 5.60 Å². The summed E-state index contributed by atoms with van der Waals surface area (Å²) in [5.74, 6) is -1.32. The fraction of sp³-hybridized carbons (Fsp3) is 0.385. The highest BCUT2D eigenvalue weighted by atomic mass is 16.7. The number of benzene rings is 2. The number of epoxide rings is 1. The van der Waals surface area contributed by atoms with Gasteiger partial charge in [0.2, 0.25) is 0 Å². The van der Waals surface area contributed by atoms with E-state index >= 15 is 0 Å². The number of carbonyl (C=O) groups excluding carboxylic acids is 2. The Kier molecular flexibility index (Phi) is 4.14. The minimum Gasteiger partial charge on any atom is -0.466 e. The molecule has 7 nitrogen and oxygen atoms in total. The summed E-state index contributed by atoms with van der Waals surface area (Å²) in [6.07, 6.45) is 2.65. The van der Waals surface area contributed by atoms with Crippen LogP contribution in [0.1, 0.15) is 30.5 Å². The lowest BCUT2D eigenvalue weighted by Crippen LogP contribution is -2.57. The maximum absolute atomic E-state index is 12.8. The second-order valence-electron chi connectivity index (χ2n) is 9.57. The number of likely N-dealkylation sites (tertiary alicyclic amines) is 1. The lowest BCUT2D eigenvalue weighted by Gasteiger charge is -2.44. The summed E-state index contributed by atoms with van der Waals surface area (Å²) in [6.45, 7) is 3.07. The highest BCUT2D eigenvalue weighted by Gasteiger charge is 2.93. The predicted molar refractivity (Wildman–Crippen MR) is 121 cm³/mol. The molecule has 3 aliphatic heterocycles. The molecule has 3 saturated heterocycles. The maximum atomic E-state index is 12.8. The van der Waals surface area contributed by atoms with E-state index in [-0.39, 0.29) is 6.04 Å². The van der Waals surface area contributed by atoms with E-state index in [2.05, 4.69) is 39.9 Å². The molecule has 3 fully saturated rings. The van der Waals surface area contributed by atoms with Crippen molar-refractivity contribution in [2.45, 2.75) is 42.7 Å². The van der Waals surface area contributed by atoms with Gasteiger partial charge in [0, 0.05) is 42.7 Å². The van der Waals surface area contributed by atoms with E-state index in [0.29, 0.717) is 13.0 Å². The molecule has 0 aliphatic carbocycles. The summed E-state index contributed by atoms with van der Waals surface area (Å²) in [6, 6.07) is 18.6. The first-order valence-corrected chi connectivity index (χ1v) is 11.2. The summed E-state index contributed by atoms with van der Waals surface area (Å²) in [5.41, 5.74) is -0.0775. The van der Waals surface area contributed by atoms with E-state index < -0.39 is 28.7 Å². The van der Waals surface area contributed by atoms with E-state index in [1.165, 1.54) is 12.7 Å². The third-order valence-corrected chi connectivity index (χ3v) is 7.73. The van der Waals surface area contributed by atoms with Gasteiger partial charge in [-0.1, -0.05) is 48.5 Å². The van der Waals surface area contributed by atoms with Crippen molar-refractivity contribution in [1.82, 2.24) is 9.47 Å². The second-order valence-corrected chi connectivity index (χ2v) is 9.57. The summed E-state index contributed by atoms with van der Waals surface area (Å²) >= 11 is 0. The summed E-state index contributed by atoms with van der Waals surface area (Å²) in [7, 11) is 3.31. The molecule has 0 radical (unpaired) electrons. The minimum absolute atomic E-state index is 0.0546. The quantitative estimate of drug-likeness (QED) is 0.348. The van der Waals surface area contributed by atoms with Gasteiger partial charge in [-0.05, 0) is 31.2 Å². The standard InChI is InChI=1S/C26H26N2O5/c1-24-16-27(2)21(13-25(24)26(33-25,22(29)31-3)23(30)32-24)19-15-28(14-17-9-5-4-6-10-17)20-12-8-7-11-18(19)20/h4-12,15,21H,13-14,16H2,1-3H3/t21-,24-,25-,26+/m0/s1. The molecule has 4 atom stereocenters. The number of fused-ring (bicyclic) bond motifs is 1. The molecule has 1 spiro atoms. The Morgan fingerprint density at radius 3 is 2.64 bits per heavy atom. The Labute approximate surface area is 191 Å². The van der Waals surface area contributed by atoms with E-state index in [9.17, 15) is 9.59 Å². The van der Waals surface area contributed by atoms with Crippen molar-refractivity contribution in [3.8, 4) is 0 Å². The van der Waals surface area contributed by atoms with Crippen molar-refractivity contribution < 1.29 is 23.8 Å². The van der Waals surface area contributed by atoms with Crippen molar-refractivity contribution in [1.29, 1.82) is 0 Å². The highest BCUT2D eigenvalue weighted by molar-refractivity contribution is 6.11. The largest absolute Gasteiger partial charge is 0.466 e. The van der Waals surface area contributed by atoms with Crippen LogP contribution < -0.4 is 0 Å². The van der Waals surface area contributed by atoms with E-state index in [4.69, 9.17) is 14.2 Å². The topological polar surface area (TPSA) is 73.3 Å². The predicted octanol–water partition coefficient (Wildman–Crippen LogP) is 3.06. The van der Waals surface area contributed by atoms with Gasteiger partial charge in [-0.25, -0.2) is 9.59 Å². The number of nitrogens with zero attached hydrogens (tertiary/aromatic N) is 2. The van der Waals surface area contributed by atoms with Gasteiger partial charge < -0.3 is 18.8 Å². The van der Waals surface area contributed by atoms with Crippen LogP contribution in [0.2, 0.25) is 0 Å². The molecule has 170 valence electrons. The van der Waals surface area contributed by atoms with E-state index in [0.717, 1.165) is 23.0 Å². The molecule has 1 aromatic heterocycles. The highest BCUT2D eigenvalue weighted by Crippen LogP contribution is 2.68.